The molecule has 3 heterocycles. The van der Waals surface area contributed by atoms with E-state index in [4.69, 9.17) is 17.0 Å². The predicted molar refractivity (Wildman–Crippen MR) is 144 cm³/mol. The maximum Gasteiger partial charge on any atom is 0.174 e. The predicted octanol–water partition coefficient (Wildman–Crippen LogP) is 6.21. The number of ether oxygens (including phenoxy) is 1. The molecule has 0 unspecified atom stereocenters. The van der Waals surface area contributed by atoms with Gasteiger partial charge in [-0.15, -0.1) is 0 Å². The number of methoxy groups -OCH3 is 1. The Morgan fingerprint density at radius 2 is 1.69 bits per heavy atom. The zero-order chi connectivity index (χ0) is 23.8. The molecule has 1 saturated heterocycles. The number of nitrogens with zero attached hydrogens (tertiary/aromatic N) is 3. The molecular formula is C29H24N4OS. The van der Waals surface area contributed by atoms with Crippen LogP contribution >= 0.6 is 12.2 Å². The molecule has 0 amide bonds. The minimum Gasteiger partial charge on any atom is -0.497 e. The van der Waals surface area contributed by atoms with E-state index in [1.807, 2.05) is 42.6 Å². The summed E-state index contributed by atoms with van der Waals surface area (Å²) in [7, 11) is 1.68. The number of aromatic nitrogens is 2. The molecule has 2 atom stereocenters. The normalized spacial score (nSPS) is 17.5. The molecule has 1 N–H and O–H groups in total. The zero-order valence-electron chi connectivity index (χ0n) is 19.2. The van der Waals surface area contributed by atoms with Crippen molar-refractivity contribution in [3.05, 3.63) is 121 Å². The van der Waals surface area contributed by atoms with Crippen molar-refractivity contribution in [1.82, 2.24) is 14.9 Å². The first kappa shape index (κ1) is 21.4. The molecule has 0 radical (unpaired) electrons. The Kier molecular flexibility index (Phi) is 5.43. The number of pyridine rings is 1. The molecule has 5 nitrogen and oxygen atoms in total. The third-order valence-corrected chi connectivity index (χ3v) is 6.84. The highest BCUT2D eigenvalue weighted by Gasteiger charge is 2.42. The first-order valence-corrected chi connectivity index (χ1v) is 11.9. The van der Waals surface area contributed by atoms with Crippen molar-refractivity contribution in [2.24, 2.45) is 0 Å². The molecule has 1 aliphatic rings. The summed E-state index contributed by atoms with van der Waals surface area (Å²) in [5.41, 5.74) is 4.13. The Labute approximate surface area is 209 Å². The fourth-order valence-electron chi connectivity index (χ4n) is 4.89. The van der Waals surface area contributed by atoms with Crippen LogP contribution < -0.4 is 15.0 Å². The van der Waals surface area contributed by atoms with Crippen molar-refractivity contribution in [2.45, 2.75) is 12.1 Å². The number of thiocarbonyl (C=S) groups is 1. The van der Waals surface area contributed by atoms with Gasteiger partial charge in [-0.2, -0.15) is 0 Å². The van der Waals surface area contributed by atoms with E-state index in [9.17, 15) is 0 Å². The van der Waals surface area contributed by atoms with Gasteiger partial charge in [0.25, 0.3) is 0 Å². The van der Waals surface area contributed by atoms with Crippen molar-refractivity contribution >= 4 is 33.8 Å². The van der Waals surface area contributed by atoms with E-state index >= 15 is 0 Å². The van der Waals surface area contributed by atoms with Gasteiger partial charge in [0.05, 0.1) is 18.8 Å². The summed E-state index contributed by atoms with van der Waals surface area (Å²) >= 11 is 5.89. The largest absolute Gasteiger partial charge is 0.497 e. The van der Waals surface area contributed by atoms with Crippen molar-refractivity contribution in [3.8, 4) is 11.4 Å². The summed E-state index contributed by atoms with van der Waals surface area (Å²) in [6.45, 7) is 0. The van der Waals surface area contributed by atoms with Crippen LogP contribution in [0.5, 0.6) is 5.75 Å². The first-order chi connectivity index (χ1) is 17.2. The van der Waals surface area contributed by atoms with Gasteiger partial charge in [-0.1, -0.05) is 42.5 Å². The number of benzene rings is 3. The Morgan fingerprint density at radius 3 is 2.51 bits per heavy atom. The zero-order valence-corrected chi connectivity index (χ0v) is 20.0. The molecule has 0 aliphatic carbocycles. The van der Waals surface area contributed by atoms with Crippen LogP contribution in [0.15, 0.2) is 109 Å². The van der Waals surface area contributed by atoms with Gasteiger partial charge in [-0.3, -0.25) is 4.98 Å². The molecule has 1 fully saturated rings. The van der Waals surface area contributed by atoms with Gasteiger partial charge >= 0.3 is 0 Å². The summed E-state index contributed by atoms with van der Waals surface area (Å²) in [5.74, 6) is 0.787. The van der Waals surface area contributed by atoms with Crippen LogP contribution in [-0.2, 0) is 0 Å². The van der Waals surface area contributed by atoms with Crippen LogP contribution in [0, 0.1) is 0 Å². The smallest absolute Gasteiger partial charge is 0.174 e. The minimum absolute atomic E-state index is 0.119. The van der Waals surface area contributed by atoms with E-state index in [2.05, 4.69) is 86.6 Å². The number of fused-ring (bicyclic) bond motifs is 1. The molecule has 172 valence electrons. The Hall–Kier alpha value is -4.16. The van der Waals surface area contributed by atoms with Gasteiger partial charge in [0.2, 0.25) is 0 Å². The number of rotatable bonds is 5. The second-order valence-corrected chi connectivity index (χ2v) is 8.92. The Balaban J connectivity index is 1.51. The minimum atomic E-state index is -0.121. The van der Waals surface area contributed by atoms with E-state index in [1.54, 1.807) is 7.11 Å². The summed E-state index contributed by atoms with van der Waals surface area (Å²) in [5, 5.41) is 6.63. The van der Waals surface area contributed by atoms with Gasteiger partial charge in [-0.25, -0.2) is 0 Å². The molecule has 1 aliphatic heterocycles. The molecule has 0 saturated carbocycles. The average molecular weight is 477 g/mol. The van der Waals surface area contributed by atoms with Crippen molar-refractivity contribution < 1.29 is 4.74 Å². The number of nitrogens with one attached hydrogen (secondary N) is 1. The number of hydrogen-bond acceptors (Lipinski definition) is 3. The Bertz CT molecular complexity index is 1510. The molecular weight excluding hydrogens is 452 g/mol. The summed E-state index contributed by atoms with van der Waals surface area (Å²) in [4.78, 5) is 6.85. The maximum atomic E-state index is 5.89. The highest BCUT2D eigenvalue weighted by molar-refractivity contribution is 7.80. The molecule has 6 heteroatoms. The van der Waals surface area contributed by atoms with Crippen molar-refractivity contribution in [1.29, 1.82) is 0 Å². The van der Waals surface area contributed by atoms with E-state index in [0.717, 1.165) is 28.5 Å². The van der Waals surface area contributed by atoms with Gasteiger partial charge in [-0.05, 0) is 71.5 Å². The average Bonchev–Trinajstić information content (AvgIpc) is 3.53. The van der Waals surface area contributed by atoms with E-state index in [0.29, 0.717) is 5.11 Å². The fourth-order valence-corrected chi connectivity index (χ4v) is 5.24. The van der Waals surface area contributed by atoms with E-state index in [-0.39, 0.29) is 12.1 Å². The topological polar surface area (TPSA) is 42.3 Å². The second kappa shape index (κ2) is 8.89. The molecule has 2 aromatic heterocycles. The summed E-state index contributed by atoms with van der Waals surface area (Å²) in [6, 6.07) is 33.0. The molecule has 35 heavy (non-hydrogen) atoms. The molecule has 5 aromatic rings. The van der Waals surface area contributed by atoms with Gasteiger partial charge in [0, 0.05) is 35.5 Å². The quantitative estimate of drug-likeness (QED) is 0.306. The molecule has 0 spiro atoms. The van der Waals surface area contributed by atoms with Crippen LogP contribution in [0.3, 0.4) is 0 Å². The first-order valence-electron chi connectivity index (χ1n) is 11.5. The van der Waals surface area contributed by atoms with E-state index in [1.165, 1.54) is 10.8 Å². The van der Waals surface area contributed by atoms with Crippen LogP contribution in [0.4, 0.5) is 5.69 Å². The van der Waals surface area contributed by atoms with Gasteiger partial charge in [0.15, 0.2) is 5.11 Å². The van der Waals surface area contributed by atoms with Crippen LogP contribution in [0.1, 0.15) is 23.5 Å². The third kappa shape index (κ3) is 3.82. The van der Waals surface area contributed by atoms with Crippen LogP contribution in [0.2, 0.25) is 0 Å². The Morgan fingerprint density at radius 1 is 0.829 bits per heavy atom. The monoisotopic (exact) mass is 476 g/mol. The third-order valence-electron chi connectivity index (χ3n) is 6.52. The maximum absolute atomic E-state index is 5.89. The standard InChI is InChI=1S/C29H24N4OS/c1-34-24-11-6-10-23(19-24)33-28(27(31-29(33)35)25-12-4-5-16-30-25)26-13-7-17-32(26)22-15-14-20-8-2-3-9-21(20)18-22/h2-19,27-28H,1H3,(H,31,35)/t27-,28+/m0/s1. The number of anilines is 1. The van der Waals surface area contributed by atoms with Crippen molar-refractivity contribution in [2.75, 3.05) is 12.0 Å². The van der Waals surface area contributed by atoms with Crippen LogP contribution in [0.25, 0.3) is 16.5 Å². The van der Waals surface area contributed by atoms with E-state index < -0.39 is 0 Å². The lowest BCUT2D eigenvalue weighted by atomic mass is 10.0. The van der Waals surface area contributed by atoms with Crippen LogP contribution in [-0.4, -0.2) is 21.8 Å². The lowest BCUT2D eigenvalue weighted by molar-refractivity contribution is 0.414. The molecule has 6 rings (SSSR count). The highest BCUT2D eigenvalue weighted by atomic mass is 32.1. The second-order valence-electron chi connectivity index (χ2n) is 8.53. The van der Waals surface area contributed by atoms with Crippen molar-refractivity contribution in [3.63, 3.8) is 0 Å². The van der Waals surface area contributed by atoms with Gasteiger partial charge < -0.3 is 19.5 Å². The summed E-state index contributed by atoms with van der Waals surface area (Å²) in [6.07, 6.45) is 3.94. The highest BCUT2D eigenvalue weighted by Crippen LogP contribution is 2.43. The molecule has 3 aromatic carbocycles. The summed E-state index contributed by atoms with van der Waals surface area (Å²) < 4.78 is 7.76. The SMILES string of the molecule is COc1cccc(N2C(=S)N[C@@H](c3ccccn3)[C@H]2c2cccn2-c2ccc3ccccc3c2)c1. The molecule has 0 bridgehead atoms. The lowest BCUT2D eigenvalue weighted by Gasteiger charge is -2.29. The number of hydrogen-bond donors (Lipinski definition) is 1. The fraction of sp³-hybridized carbons (Fsp3) is 0.103. The lowest BCUT2D eigenvalue weighted by Crippen LogP contribution is -2.30. The van der Waals surface area contributed by atoms with Gasteiger partial charge in [0.1, 0.15) is 11.8 Å².